The average Bonchev–Trinajstić information content (AvgIpc) is 2.81. The number of halogens is 2. The maximum atomic E-state index is 13.2. The van der Waals surface area contributed by atoms with Crippen molar-refractivity contribution in [1.82, 2.24) is 4.90 Å². The molecule has 3 aromatic carbocycles. The Morgan fingerprint density at radius 2 is 1.76 bits per heavy atom. The molecule has 0 aromatic heterocycles. The maximum absolute atomic E-state index is 13.2. The topological polar surface area (TPSA) is 61.8 Å². The van der Waals surface area contributed by atoms with Gasteiger partial charge in [-0.15, -0.1) is 0 Å². The van der Waals surface area contributed by atoms with E-state index in [-0.39, 0.29) is 24.1 Å². The number of nitrogens with zero attached hydrogens (tertiary/aromatic N) is 2. The Kier molecular flexibility index (Phi) is 7.42. The number of amidine groups is 1. The summed E-state index contributed by atoms with van der Waals surface area (Å²) in [6.45, 7) is 0.377. The summed E-state index contributed by atoms with van der Waals surface area (Å²) in [5.41, 5.74) is 2.09. The van der Waals surface area contributed by atoms with E-state index < -0.39 is 5.25 Å². The highest BCUT2D eigenvalue weighted by Crippen LogP contribution is 2.31. The number of carbonyl (C=O) groups excluding carboxylic acids is 2. The molecule has 3 aromatic rings. The second kappa shape index (κ2) is 10.6. The number of nitrogens with one attached hydrogen (secondary N) is 1. The van der Waals surface area contributed by atoms with Gasteiger partial charge in [-0.25, -0.2) is 9.38 Å². The van der Waals surface area contributed by atoms with Crippen LogP contribution >= 0.6 is 23.4 Å². The zero-order valence-corrected chi connectivity index (χ0v) is 19.2. The molecule has 0 unspecified atom stereocenters. The molecule has 0 saturated carbocycles. The van der Waals surface area contributed by atoms with Crippen molar-refractivity contribution in [1.29, 1.82) is 0 Å². The summed E-state index contributed by atoms with van der Waals surface area (Å²) in [4.78, 5) is 32.2. The molecule has 33 heavy (non-hydrogen) atoms. The van der Waals surface area contributed by atoms with Crippen molar-refractivity contribution in [3.05, 3.63) is 95.3 Å². The molecule has 0 bridgehead atoms. The molecule has 0 radical (unpaired) electrons. The van der Waals surface area contributed by atoms with Gasteiger partial charge in [0.15, 0.2) is 5.17 Å². The molecular formula is C25H21ClFN3O2S. The molecule has 5 nitrogen and oxygen atoms in total. The third kappa shape index (κ3) is 6.00. The largest absolute Gasteiger partial charge is 0.324 e. The number of amides is 2. The van der Waals surface area contributed by atoms with Crippen LogP contribution in [0.2, 0.25) is 5.02 Å². The van der Waals surface area contributed by atoms with Crippen LogP contribution in [-0.2, 0) is 16.0 Å². The molecule has 8 heteroatoms. The van der Waals surface area contributed by atoms with Gasteiger partial charge in [0.2, 0.25) is 11.8 Å². The average molecular weight is 482 g/mol. The molecule has 1 aliphatic rings. The second-order valence-corrected chi connectivity index (χ2v) is 9.01. The third-order valence-electron chi connectivity index (χ3n) is 5.08. The molecule has 168 valence electrons. The van der Waals surface area contributed by atoms with E-state index in [1.54, 1.807) is 41.3 Å². The first kappa shape index (κ1) is 23.0. The lowest BCUT2D eigenvalue weighted by Gasteiger charge is -2.32. The van der Waals surface area contributed by atoms with Crippen molar-refractivity contribution >= 4 is 51.7 Å². The monoisotopic (exact) mass is 481 g/mol. The highest BCUT2D eigenvalue weighted by Gasteiger charge is 2.36. The molecule has 0 spiro atoms. The van der Waals surface area contributed by atoms with Crippen molar-refractivity contribution in [2.24, 2.45) is 4.99 Å². The number of rotatable bonds is 6. The number of hydrogen-bond donors (Lipinski definition) is 1. The van der Waals surface area contributed by atoms with Crippen LogP contribution in [0.1, 0.15) is 12.0 Å². The van der Waals surface area contributed by atoms with Crippen LogP contribution in [0.5, 0.6) is 0 Å². The Labute approximate surface area is 200 Å². The molecule has 1 atom stereocenters. The van der Waals surface area contributed by atoms with E-state index in [0.29, 0.717) is 34.5 Å². The van der Waals surface area contributed by atoms with Crippen molar-refractivity contribution in [2.45, 2.75) is 18.1 Å². The van der Waals surface area contributed by atoms with Crippen LogP contribution in [-0.4, -0.2) is 33.7 Å². The summed E-state index contributed by atoms with van der Waals surface area (Å²) in [5, 5.41) is 3.05. The fourth-order valence-corrected chi connectivity index (χ4v) is 4.65. The zero-order chi connectivity index (χ0) is 23.2. The Bertz CT molecular complexity index is 1170. The van der Waals surface area contributed by atoms with E-state index in [2.05, 4.69) is 10.3 Å². The van der Waals surface area contributed by atoms with Gasteiger partial charge in [0.05, 0.1) is 16.4 Å². The molecule has 1 fully saturated rings. The van der Waals surface area contributed by atoms with Crippen LogP contribution in [0.15, 0.2) is 83.9 Å². The molecule has 1 heterocycles. The SMILES string of the molecule is O=C(Nc1ccccc1Cl)[C@@H]1CC(=O)N(CCc2ccc(F)cc2)C(=Nc2ccccc2)S1. The summed E-state index contributed by atoms with van der Waals surface area (Å²) < 4.78 is 13.2. The second-order valence-electron chi connectivity index (χ2n) is 7.43. The van der Waals surface area contributed by atoms with E-state index in [0.717, 1.165) is 5.56 Å². The van der Waals surface area contributed by atoms with Crippen molar-refractivity contribution < 1.29 is 14.0 Å². The lowest BCUT2D eigenvalue weighted by atomic mass is 10.1. The van der Waals surface area contributed by atoms with Gasteiger partial charge in [0.1, 0.15) is 11.1 Å². The first-order chi connectivity index (χ1) is 16.0. The predicted molar refractivity (Wildman–Crippen MR) is 131 cm³/mol. The number of aliphatic imine (C=N–C) groups is 1. The minimum atomic E-state index is -0.640. The standard InChI is InChI=1S/C25H21ClFN3O2S/c26-20-8-4-5-9-21(20)29-24(32)22-16-23(31)30(15-14-17-10-12-18(27)13-11-17)25(33-22)28-19-6-2-1-3-7-19/h1-13,22H,14-16H2,(H,29,32)/t22-/m0/s1. The van der Waals surface area contributed by atoms with Crippen molar-refractivity contribution in [2.75, 3.05) is 11.9 Å². The molecule has 1 saturated heterocycles. The maximum Gasteiger partial charge on any atom is 0.238 e. The van der Waals surface area contributed by atoms with Gasteiger partial charge in [-0.3, -0.25) is 14.5 Å². The number of benzene rings is 3. The summed E-state index contributed by atoms with van der Waals surface area (Å²) in [6.07, 6.45) is 0.578. The molecule has 1 aliphatic heterocycles. The van der Waals surface area contributed by atoms with E-state index in [4.69, 9.17) is 11.6 Å². The molecule has 4 rings (SSSR count). The van der Waals surface area contributed by atoms with Crippen molar-refractivity contribution in [3.63, 3.8) is 0 Å². The normalized spacial score (nSPS) is 17.3. The lowest BCUT2D eigenvalue weighted by Crippen LogP contribution is -2.46. The summed E-state index contributed by atoms with van der Waals surface area (Å²) in [6, 6.07) is 22.4. The molecule has 2 amide bonds. The van der Waals surface area contributed by atoms with E-state index in [1.807, 2.05) is 30.3 Å². The smallest absolute Gasteiger partial charge is 0.238 e. The number of thioether (sulfide) groups is 1. The van der Waals surface area contributed by atoms with Gasteiger partial charge in [0, 0.05) is 13.0 Å². The highest BCUT2D eigenvalue weighted by molar-refractivity contribution is 8.15. The van der Waals surface area contributed by atoms with Crippen LogP contribution in [0.4, 0.5) is 15.8 Å². The fourth-order valence-electron chi connectivity index (χ4n) is 3.34. The van der Waals surface area contributed by atoms with Gasteiger partial charge in [-0.1, -0.05) is 65.8 Å². The van der Waals surface area contributed by atoms with Gasteiger partial charge in [0.25, 0.3) is 0 Å². The molecule has 1 N–H and O–H groups in total. The predicted octanol–water partition coefficient (Wildman–Crippen LogP) is 5.68. The Hall–Kier alpha value is -3.16. The molecule has 0 aliphatic carbocycles. The third-order valence-corrected chi connectivity index (χ3v) is 6.60. The first-order valence-electron chi connectivity index (χ1n) is 10.4. The Morgan fingerprint density at radius 1 is 1.06 bits per heavy atom. The van der Waals surface area contributed by atoms with Crippen LogP contribution in [0.3, 0.4) is 0 Å². The van der Waals surface area contributed by atoms with Crippen LogP contribution in [0, 0.1) is 5.82 Å². The zero-order valence-electron chi connectivity index (χ0n) is 17.6. The van der Waals surface area contributed by atoms with E-state index in [1.165, 1.54) is 23.9 Å². The highest BCUT2D eigenvalue weighted by atomic mass is 35.5. The lowest BCUT2D eigenvalue weighted by molar-refractivity contribution is -0.129. The van der Waals surface area contributed by atoms with Gasteiger partial charge in [-0.2, -0.15) is 0 Å². The van der Waals surface area contributed by atoms with Crippen LogP contribution < -0.4 is 5.32 Å². The minimum Gasteiger partial charge on any atom is -0.324 e. The van der Waals surface area contributed by atoms with E-state index in [9.17, 15) is 14.0 Å². The summed E-state index contributed by atoms with van der Waals surface area (Å²) in [7, 11) is 0. The first-order valence-corrected chi connectivity index (χ1v) is 11.7. The number of para-hydroxylation sites is 2. The number of anilines is 1. The van der Waals surface area contributed by atoms with Crippen LogP contribution in [0.25, 0.3) is 0 Å². The van der Waals surface area contributed by atoms with E-state index >= 15 is 0 Å². The van der Waals surface area contributed by atoms with Crippen molar-refractivity contribution in [3.8, 4) is 0 Å². The quantitative estimate of drug-likeness (QED) is 0.492. The summed E-state index contributed by atoms with van der Waals surface area (Å²) >= 11 is 7.41. The minimum absolute atomic E-state index is 0.0399. The molecular weight excluding hydrogens is 461 g/mol. The Balaban J connectivity index is 1.54. The van der Waals surface area contributed by atoms with Gasteiger partial charge >= 0.3 is 0 Å². The van der Waals surface area contributed by atoms with Gasteiger partial charge < -0.3 is 5.32 Å². The van der Waals surface area contributed by atoms with Gasteiger partial charge in [-0.05, 0) is 48.4 Å². The Morgan fingerprint density at radius 3 is 2.48 bits per heavy atom. The summed E-state index contributed by atoms with van der Waals surface area (Å²) in [5.74, 6) is -0.799. The fraction of sp³-hybridized carbons (Fsp3) is 0.160. The number of hydrogen-bond acceptors (Lipinski definition) is 4. The number of carbonyl (C=O) groups is 2.